The normalized spacial score (nSPS) is 11.6. The lowest BCUT2D eigenvalue weighted by molar-refractivity contribution is -0.404. The predicted octanol–water partition coefficient (Wildman–Crippen LogP) is 1.58. The van der Waals surface area contributed by atoms with Crippen molar-refractivity contribution in [2.45, 2.75) is 19.4 Å². The summed E-state index contributed by atoms with van der Waals surface area (Å²) in [6.45, 7) is 2.66. The fourth-order valence-electron chi connectivity index (χ4n) is 2.29. The van der Waals surface area contributed by atoms with Crippen LogP contribution in [0.1, 0.15) is 17.5 Å². The number of hydrogen-bond donors (Lipinski definition) is 2. The van der Waals surface area contributed by atoms with Gasteiger partial charge in [0, 0.05) is 26.7 Å². The second-order valence-corrected chi connectivity index (χ2v) is 5.78. The summed E-state index contributed by atoms with van der Waals surface area (Å²) in [7, 11) is 5.76. The monoisotopic (exact) mass is 336 g/mol. The van der Waals surface area contributed by atoms with Crippen molar-refractivity contribution < 1.29 is 9.66 Å². The van der Waals surface area contributed by atoms with Crippen molar-refractivity contribution in [3.63, 3.8) is 0 Å². The molecule has 0 saturated carbocycles. The SMILES string of the molecule is CNC(=C[N+](=O)[O-])NCCOCCCc1cccc(CN(C)C)c1. The zero-order chi connectivity index (χ0) is 17.8. The Kier molecular flexibility index (Phi) is 9.48. The lowest BCUT2D eigenvalue weighted by Crippen LogP contribution is -2.27. The van der Waals surface area contributed by atoms with Crippen LogP contribution in [0.5, 0.6) is 0 Å². The lowest BCUT2D eigenvalue weighted by Gasteiger charge is -2.11. The van der Waals surface area contributed by atoms with Gasteiger partial charge in [-0.05, 0) is 38.1 Å². The Balaban J connectivity index is 2.17. The van der Waals surface area contributed by atoms with Gasteiger partial charge in [-0.15, -0.1) is 0 Å². The number of aryl methyl sites for hydroxylation is 1. The molecule has 7 heteroatoms. The molecular formula is C17H28N4O3. The van der Waals surface area contributed by atoms with E-state index in [0.717, 1.165) is 25.6 Å². The molecule has 0 amide bonds. The van der Waals surface area contributed by atoms with Crippen LogP contribution in [-0.2, 0) is 17.7 Å². The average molecular weight is 336 g/mol. The van der Waals surface area contributed by atoms with Crippen molar-refractivity contribution in [2.75, 3.05) is 40.9 Å². The summed E-state index contributed by atoms with van der Waals surface area (Å²) < 4.78 is 5.55. The van der Waals surface area contributed by atoms with Gasteiger partial charge in [-0.25, -0.2) is 0 Å². The number of hydrogen-bond acceptors (Lipinski definition) is 6. The predicted molar refractivity (Wildman–Crippen MR) is 95.1 cm³/mol. The van der Waals surface area contributed by atoms with Crippen molar-refractivity contribution in [2.24, 2.45) is 0 Å². The van der Waals surface area contributed by atoms with Gasteiger partial charge in [0.1, 0.15) is 0 Å². The van der Waals surface area contributed by atoms with E-state index in [1.54, 1.807) is 7.05 Å². The van der Waals surface area contributed by atoms with E-state index in [1.165, 1.54) is 11.1 Å². The summed E-state index contributed by atoms with van der Waals surface area (Å²) in [5.41, 5.74) is 2.64. The Bertz CT molecular complexity index is 532. The first-order valence-corrected chi connectivity index (χ1v) is 8.08. The summed E-state index contributed by atoms with van der Waals surface area (Å²) in [5, 5.41) is 16.0. The van der Waals surface area contributed by atoms with Crippen LogP contribution in [0.15, 0.2) is 36.3 Å². The van der Waals surface area contributed by atoms with E-state index in [4.69, 9.17) is 4.74 Å². The van der Waals surface area contributed by atoms with Gasteiger partial charge in [-0.2, -0.15) is 0 Å². The smallest absolute Gasteiger partial charge is 0.274 e. The van der Waals surface area contributed by atoms with Crippen molar-refractivity contribution in [1.29, 1.82) is 0 Å². The van der Waals surface area contributed by atoms with Gasteiger partial charge in [0.15, 0.2) is 5.82 Å². The molecule has 1 aromatic rings. The molecule has 0 aromatic heterocycles. The van der Waals surface area contributed by atoms with Gasteiger partial charge in [0.25, 0.3) is 6.20 Å². The van der Waals surface area contributed by atoms with Crippen molar-refractivity contribution in [3.05, 3.63) is 57.5 Å². The molecule has 1 rings (SSSR count). The topological polar surface area (TPSA) is 79.7 Å². The van der Waals surface area contributed by atoms with Gasteiger partial charge < -0.3 is 20.3 Å². The number of benzene rings is 1. The summed E-state index contributed by atoms with van der Waals surface area (Å²) in [6, 6.07) is 8.62. The fourth-order valence-corrected chi connectivity index (χ4v) is 2.29. The van der Waals surface area contributed by atoms with Crippen LogP contribution in [-0.4, -0.2) is 50.7 Å². The molecule has 0 bridgehead atoms. The summed E-state index contributed by atoms with van der Waals surface area (Å²) in [6.07, 6.45) is 2.84. The van der Waals surface area contributed by atoms with E-state index in [0.29, 0.717) is 25.6 Å². The number of rotatable bonds is 12. The van der Waals surface area contributed by atoms with Crippen LogP contribution in [0.25, 0.3) is 0 Å². The third kappa shape index (κ3) is 9.12. The zero-order valence-electron chi connectivity index (χ0n) is 14.7. The molecule has 0 aliphatic heterocycles. The summed E-state index contributed by atoms with van der Waals surface area (Å²) >= 11 is 0. The Labute approximate surface area is 143 Å². The molecule has 134 valence electrons. The number of ether oxygens (including phenoxy) is 1. The first-order chi connectivity index (χ1) is 11.5. The highest BCUT2D eigenvalue weighted by molar-refractivity contribution is 5.23. The highest BCUT2D eigenvalue weighted by atomic mass is 16.6. The van der Waals surface area contributed by atoms with Crippen LogP contribution in [0, 0.1) is 10.1 Å². The van der Waals surface area contributed by atoms with Crippen LogP contribution >= 0.6 is 0 Å². The van der Waals surface area contributed by atoms with E-state index in [2.05, 4.69) is 53.9 Å². The fraction of sp³-hybridized carbons (Fsp3) is 0.529. The summed E-state index contributed by atoms with van der Waals surface area (Å²) in [4.78, 5) is 12.0. The molecule has 1 aromatic carbocycles. The minimum Gasteiger partial charge on any atom is -0.380 e. The molecule has 0 spiro atoms. The highest BCUT2D eigenvalue weighted by Gasteiger charge is 2.00. The van der Waals surface area contributed by atoms with Crippen LogP contribution < -0.4 is 10.6 Å². The van der Waals surface area contributed by atoms with E-state index >= 15 is 0 Å². The molecule has 0 fully saturated rings. The molecule has 0 heterocycles. The standard InChI is InChI=1S/C17H28N4O3/c1-18-17(14-21(22)23)19-9-11-24-10-5-8-15-6-4-7-16(12-15)13-20(2)3/h4,6-7,12,14,18-19H,5,8-11,13H2,1-3H3. The number of nitrogens with zero attached hydrogens (tertiary/aromatic N) is 2. The van der Waals surface area contributed by atoms with E-state index in [1.807, 2.05) is 0 Å². The van der Waals surface area contributed by atoms with Gasteiger partial charge in [0.05, 0.1) is 11.5 Å². The first kappa shape index (κ1) is 19.9. The third-order valence-corrected chi connectivity index (χ3v) is 3.31. The third-order valence-electron chi connectivity index (χ3n) is 3.31. The molecule has 0 atom stereocenters. The molecule has 24 heavy (non-hydrogen) atoms. The Morgan fingerprint density at radius 2 is 2.08 bits per heavy atom. The van der Waals surface area contributed by atoms with Gasteiger partial charge >= 0.3 is 0 Å². The van der Waals surface area contributed by atoms with E-state index in [9.17, 15) is 10.1 Å². The minimum absolute atomic E-state index is 0.376. The Morgan fingerprint density at radius 3 is 2.75 bits per heavy atom. The maximum Gasteiger partial charge on any atom is 0.274 e. The first-order valence-electron chi connectivity index (χ1n) is 8.08. The van der Waals surface area contributed by atoms with Crippen LogP contribution in [0.4, 0.5) is 0 Å². The Morgan fingerprint density at radius 1 is 1.33 bits per heavy atom. The van der Waals surface area contributed by atoms with Gasteiger partial charge in [-0.1, -0.05) is 24.3 Å². The quantitative estimate of drug-likeness (QED) is 0.343. The van der Waals surface area contributed by atoms with Crippen molar-refractivity contribution in [3.8, 4) is 0 Å². The largest absolute Gasteiger partial charge is 0.380 e. The van der Waals surface area contributed by atoms with E-state index < -0.39 is 4.92 Å². The van der Waals surface area contributed by atoms with Gasteiger partial charge in [-0.3, -0.25) is 10.1 Å². The molecule has 7 nitrogen and oxygen atoms in total. The second kappa shape index (κ2) is 11.4. The summed E-state index contributed by atoms with van der Waals surface area (Å²) in [5.74, 6) is 0.376. The molecular weight excluding hydrogens is 308 g/mol. The second-order valence-electron chi connectivity index (χ2n) is 5.78. The Hall–Kier alpha value is -2.12. The maximum absolute atomic E-state index is 10.4. The minimum atomic E-state index is -0.496. The van der Waals surface area contributed by atoms with Crippen LogP contribution in [0.3, 0.4) is 0 Å². The van der Waals surface area contributed by atoms with Crippen molar-refractivity contribution >= 4 is 0 Å². The van der Waals surface area contributed by atoms with Crippen LogP contribution in [0.2, 0.25) is 0 Å². The van der Waals surface area contributed by atoms with Crippen molar-refractivity contribution in [1.82, 2.24) is 15.5 Å². The lowest BCUT2D eigenvalue weighted by atomic mass is 10.1. The molecule has 2 N–H and O–H groups in total. The molecule has 0 unspecified atom stereocenters. The molecule has 0 radical (unpaired) electrons. The average Bonchev–Trinajstić information content (AvgIpc) is 2.52. The zero-order valence-corrected chi connectivity index (χ0v) is 14.7. The number of nitrogens with one attached hydrogen (secondary N) is 2. The van der Waals surface area contributed by atoms with E-state index in [-0.39, 0.29) is 0 Å². The molecule has 0 aliphatic rings. The highest BCUT2D eigenvalue weighted by Crippen LogP contribution is 2.09. The number of nitro groups is 1. The molecule has 0 saturated heterocycles. The van der Waals surface area contributed by atoms with Gasteiger partial charge in [0.2, 0.25) is 0 Å². The molecule has 0 aliphatic carbocycles. The maximum atomic E-state index is 10.4.